The molecule has 3 aromatic rings. The molecular formula is C22H27N3O4S. The number of aryl methyl sites for hydroxylation is 1. The maximum Gasteiger partial charge on any atom is 0.265 e. The summed E-state index contributed by atoms with van der Waals surface area (Å²) in [7, 11) is -2.35. The van der Waals surface area contributed by atoms with Crippen molar-refractivity contribution in [2.75, 3.05) is 31.5 Å². The molecular weight excluding hydrogens is 402 g/mol. The third-order valence-corrected chi connectivity index (χ3v) is 6.90. The molecule has 0 radical (unpaired) electrons. The summed E-state index contributed by atoms with van der Waals surface area (Å²) in [4.78, 5) is 2.49. The second kappa shape index (κ2) is 8.29. The molecule has 1 aliphatic heterocycles. The minimum absolute atomic E-state index is 0.120. The maximum absolute atomic E-state index is 13.1. The summed E-state index contributed by atoms with van der Waals surface area (Å²) in [6.45, 7) is 7.52. The average molecular weight is 430 g/mol. The standard InChI is InChI=1S/C22H27N3O4S/c1-15-4-5-20(28-3)21(10-15)30(26,27)24-19-11-17-6-9-29-22(17)18(12-19)14-25-8-7-23-13-16(25)2/h4-6,9-12,16,23-24H,7-8,13-14H2,1-3H3. The lowest BCUT2D eigenvalue weighted by atomic mass is 10.1. The van der Waals surface area contributed by atoms with E-state index in [-0.39, 0.29) is 4.90 Å². The highest BCUT2D eigenvalue weighted by Gasteiger charge is 2.23. The van der Waals surface area contributed by atoms with E-state index in [0.29, 0.717) is 24.0 Å². The van der Waals surface area contributed by atoms with Crippen LogP contribution in [0, 0.1) is 6.92 Å². The number of benzene rings is 2. The van der Waals surface area contributed by atoms with Gasteiger partial charge in [0.15, 0.2) is 0 Å². The van der Waals surface area contributed by atoms with Gasteiger partial charge in [-0.2, -0.15) is 0 Å². The van der Waals surface area contributed by atoms with Crippen LogP contribution in [-0.4, -0.2) is 46.1 Å². The number of methoxy groups -OCH3 is 1. The molecule has 1 aromatic heterocycles. The van der Waals surface area contributed by atoms with Gasteiger partial charge in [0.2, 0.25) is 0 Å². The fourth-order valence-electron chi connectivity index (χ4n) is 3.87. The molecule has 0 bridgehead atoms. The van der Waals surface area contributed by atoms with Crippen LogP contribution in [0.1, 0.15) is 18.1 Å². The maximum atomic E-state index is 13.1. The van der Waals surface area contributed by atoms with Gasteiger partial charge in [-0.15, -0.1) is 0 Å². The molecule has 0 aliphatic carbocycles. The Morgan fingerprint density at radius 1 is 1.27 bits per heavy atom. The van der Waals surface area contributed by atoms with E-state index < -0.39 is 10.0 Å². The van der Waals surface area contributed by atoms with Gasteiger partial charge in [-0.05, 0) is 49.7 Å². The Morgan fingerprint density at radius 2 is 2.10 bits per heavy atom. The zero-order chi connectivity index (χ0) is 21.3. The number of furan rings is 1. The van der Waals surface area contributed by atoms with Crippen LogP contribution in [0.2, 0.25) is 0 Å². The van der Waals surface area contributed by atoms with E-state index in [1.165, 1.54) is 7.11 Å². The number of nitrogens with one attached hydrogen (secondary N) is 2. The van der Waals surface area contributed by atoms with Crippen LogP contribution < -0.4 is 14.8 Å². The van der Waals surface area contributed by atoms with Gasteiger partial charge < -0.3 is 14.5 Å². The monoisotopic (exact) mass is 429 g/mol. The molecule has 0 amide bonds. The molecule has 2 aromatic carbocycles. The summed E-state index contributed by atoms with van der Waals surface area (Å²) in [5.41, 5.74) is 3.09. The lowest BCUT2D eigenvalue weighted by molar-refractivity contribution is 0.166. The van der Waals surface area contributed by atoms with Crippen LogP contribution in [0.5, 0.6) is 5.75 Å². The second-order valence-corrected chi connectivity index (χ2v) is 9.41. The molecule has 1 saturated heterocycles. The number of sulfonamides is 1. The van der Waals surface area contributed by atoms with E-state index >= 15 is 0 Å². The fourth-order valence-corrected chi connectivity index (χ4v) is 5.17. The van der Waals surface area contributed by atoms with Crippen LogP contribution in [-0.2, 0) is 16.6 Å². The second-order valence-electron chi connectivity index (χ2n) is 7.76. The van der Waals surface area contributed by atoms with Crippen molar-refractivity contribution in [3.63, 3.8) is 0 Å². The van der Waals surface area contributed by atoms with Crippen molar-refractivity contribution in [2.45, 2.75) is 31.3 Å². The number of piperazine rings is 1. The zero-order valence-corrected chi connectivity index (χ0v) is 18.3. The van der Waals surface area contributed by atoms with Crippen molar-refractivity contribution >= 4 is 26.7 Å². The lowest BCUT2D eigenvalue weighted by Gasteiger charge is -2.33. The minimum Gasteiger partial charge on any atom is -0.495 e. The number of nitrogens with zero attached hydrogens (tertiary/aromatic N) is 1. The Bertz CT molecular complexity index is 1160. The predicted molar refractivity (Wildman–Crippen MR) is 117 cm³/mol. The van der Waals surface area contributed by atoms with Gasteiger partial charge in [-0.3, -0.25) is 9.62 Å². The Hall–Kier alpha value is -2.55. The van der Waals surface area contributed by atoms with Crippen molar-refractivity contribution in [1.82, 2.24) is 10.2 Å². The van der Waals surface area contributed by atoms with Crippen LogP contribution in [0.25, 0.3) is 11.0 Å². The van der Waals surface area contributed by atoms with Gasteiger partial charge in [0.25, 0.3) is 10.0 Å². The number of hydrogen-bond donors (Lipinski definition) is 2. The summed E-state index contributed by atoms with van der Waals surface area (Å²) < 4.78 is 40.0. The van der Waals surface area contributed by atoms with E-state index in [1.54, 1.807) is 24.5 Å². The molecule has 1 atom stereocenters. The van der Waals surface area contributed by atoms with E-state index in [4.69, 9.17) is 9.15 Å². The normalized spacial score (nSPS) is 17.9. The summed E-state index contributed by atoms with van der Waals surface area (Å²) in [6.07, 6.45) is 1.64. The number of anilines is 1. The zero-order valence-electron chi connectivity index (χ0n) is 17.4. The predicted octanol–water partition coefficient (Wildman–Crippen LogP) is 3.34. The number of hydrogen-bond acceptors (Lipinski definition) is 6. The van der Waals surface area contributed by atoms with Crippen LogP contribution in [0.3, 0.4) is 0 Å². The van der Waals surface area contributed by atoms with Crippen LogP contribution in [0.4, 0.5) is 5.69 Å². The first kappa shape index (κ1) is 20.7. The number of ether oxygens (including phenoxy) is 1. The van der Waals surface area contributed by atoms with E-state index in [2.05, 4.69) is 21.9 Å². The number of rotatable bonds is 6. The molecule has 1 fully saturated rings. The Balaban J connectivity index is 1.69. The van der Waals surface area contributed by atoms with Gasteiger partial charge in [0, 0.05) is 43.2 Å². The first-order chi connectivity index (χ1) is 14.4. The highest BCUT2D eigenvalue weighted by atomic mass is 32.2. The van der Waals surface area contributed by atoms with Crippen molar-refractivity contribution < 1.29 is 17.6 Å². The Labute approximate surface area is 177 Å². The van der Waals surface area contributed by atoms with Crippen molar-refractivity contribution in [3.8, 4) is 5.75 Å². The Kier molecular flexibility index (Phi) is 5.73. The minimum atomic E-state index is -3.82. The first-order valence-corrected chi connectivity index (χ1v) is 11.5. The summed E-state index contributed by atoms with van der Waals surface area (Å²) in [5, 5.41) is 4.25. The highest BCUT2D eigenvalue weighted by Crippen LogP contribution is 2.30. The topological polar surface area (TPSA) is 83.8 Å². The molecule has 2 N–H and O–H groups in total. The smallest absolute Gasteiger partial charge is 0.265 e. The third-order valence-electron chi connectivity index (χ3n) is 5.50. The van der Waals surface area contributed by atoms with Gasteiger partial charge in [-0.25, -0.2) is 8.42 Å². The average Bonchev–Trinajstić information content (AvgIpc) is 3.18. The van der Waals surface area contributed by atoms with Gasteiger partial charge in [0.05, 0.1) is 19.1 Å². The molecule has 2 heterocycles. The van der Waals surface area contributed by atoms with Crippen molar-refractivity contribution in [1.29, 1.82) is 0 Å². The highest BCUT2D eigenvalue weighted by molar-refractivity contribution is 7.92. The quantitative estimate of drug-likeness (QED) is 0.625. The van der Waals surface area contributed by atoms with Gasteiger partial charge in [0.1, 0.15) is 16.2 Å². The van der Waals surface area contributed by atoms with Crippen LogP contribution >= 0.6 is 0 Å². The first-order valence-electron chi connectivity index (χ1n) is 10.00. The summed E-state index contributed by atoms with van der Waals surface area (Å²) >= 11 is 0. The number of fused-ring (bicyclic) bond motifs is 1. The van der Waals surface area contributed by atoms with Gasteiger partial charge in [-0.1, -0.05) is 6.07 Å². The molecule has 4 rings (SSSR count). The fraction of sp³-hybridized carbons (Fsp3) is 0.364. The van der Waals surface area contributed by atoms with Crippen molar-refractivity contribution in [3.05, 3.63) is 53.8 Å². The molecule has 1 unspecified atom stereocenters. The van der Waals surface area contributed by atoms with Gasteiger partial charge >= 0.3 is 0 Å². The third kappa shape index (κ3) is 4.16. The molecule has 30 heavy (non-hydrogen) atoms. The summed E-state index contributed by atoms with van der Waals surface area (Å²) in [5.74, 6) is 0.312. The molecule has 0 saturated carbocycles. The lowest BCUT2D eigenvalue weighted by Crippen LogP contribution is -2.49. The molecule has 7 nitrogen and oxygen atoms in total. The van der Waals surface area contributed by atoms with Crippen molar-refractivity contribution in [2.24, 2.45) is 0 Å². The molecule has 160 valence electrons. The SMILES string of the molecule is COc1ccc(C)cc1S(=O)(=O)Nc1cc(CN2CCNCC2C)c2occc2c1. The molecule has 1 aliphatic rings. The molecule has 0 spiro atoms. The largest absolute Gasteiger partial charge is 0.495 e. The van der Waals surface area contributed by atoms with Crippen LogP contribution in [0.15, 0.2) is 52.0 Å². The van der Waals surface area contributed by atoms with E-state index in [0.717, 1.165) is 41.7 Å². The Morgan fingerprint density at radius 3 is 2.87 bits per heavy atom. The van der Waals surface area contributed by atoms with E-state index in [1.807, 2.05) is 25.1 Å². The molecule has 8 heteroatoms. The van der Waals surface area contributed by atoms with E-state index in [9.17, 15) is 8.42 Å². The summed E-state index contributed by atoms with van der Waals surface area (Å²) in [6, 6.07) is 11.0.